The third kappa shape index (κ3) is 4.25. The zero-order valence-electron chi connectivity index (χ0n) is 11.4. The molecule has 0 aromatic heterocycles. The Morgan fingerprint density at radius 1 is 1.00 bits per heavy atom. The largest absolute Gasteiger partial charge is 0.490 e. The molecule has 0 saturated carbocycles. The molecule has 0 radical (unpaired) electrons. The predicted molar refractivity (Wildman–Crippen MR) is 84.2 cm³/mol. The van der Waals surface area contributed by atoms with E-state index in [0.717, 1.165) is 27.1 Å². The van der Waals surface area contributed by atoms with Crippen molar-refractivity contribution in [2.45, 2.75) is 13.5 Å². The van der Waals surface area contributed by atoms with Crippen LogP contribution in [0.25, 0.3) is 0 Å². The van der Waals surface area contributed by atoms with Crippen LogP contribution in [0.3, 0.4) is 0 Å². The molecule has 0 saturated heterocycles. The summed E-state index contributed by atoms with van der Waals surface area (Å²) in [6, 6.07) is 13.7. The maximum Gasteiger partial charge on any atom is 0.122 e. The zero-order chi connectivity index (χ0) is 14.4. The van der Waals surface area contributed by atoms with Crippen molar-refractivity contribution < 1.29 is 9.47 Å². The highest BCUT2D eigenvalue weighted by atomic mass is 79.9. The van der Waals surface area contributed by atoms with Crippen LogP contribution in [0.5, 0.6) is 11.5 Å². The van der Waals surface area contributed by atoms with Gasteiger partial charge in [-0.3, -0.25) is 0 Å². The number of hydrogen-bond acceptors (Lipinski definition) is 3. The second kappa shape index (κ2) is 7.31. The highest BCUT2D eigenvalue weighted by Crippen LogP contribution is 2.22. The lowest BCUT2D eigenvalue weighted by atomic mass is 10.2. The molecule has 2 aromatic carbocycles. The van der Waals surface area contributed by atoms with Crippen molar-refractivity contribution in [3.05, 3.63) is 58.1 Å². The number of benzene rings is 2. The lowest BCUT2D eigenvalue weighted by molar-refractivity contribution is 0.216. The second-order valence-electron chi connectivity index (χ2n) is 4.45. The van der Waals surface area contributed by atoms with Crippen molar-refractivity contribution in [1.29, 1.82) is 0 Å². The smallest absolute Gasteiger partial charge is 0.122 e. The van der Waals surface area contributed by atoms with Crippen molar-refractivity contribution >= 4 is 15.9 Å². The molecule has 0 aliphatic carbocycles. The van der Waals surface area contributed by atoms with Crippen molar-refractivity contribution in [1.82, 2.24) is 0 Å². The molecule has 20 heavy (non-hydrogen) atoms. The Balaban J connectivity index is 1.78. The maximum atomic E-state index is 5.69. The number of hydrogen-bond donors (Lipinski definition) is 1. The Kier molecular flexibility index (Phi) is 5.44. The van der Waals surface area contributed by atoms with Gasteiger partial charge in [0.05, 0.1) is 0 Å². The van der Waals surface area contributed by atoms with Gasteiger partial charge in [0.1, 0.15) is 24.7 Å². The van der Waals surface area contributed by atoms with Gasteiger partial charge >= 0.3 is 0 Å². The van der Waals surface area contributed by atoms with Gasteiger partial charge in [0, 0.05) is 11.0 Å². The van der Waals surface area contributed by atoms with Gasteiger partial charge in [-0.15, -0.1) is 0 Å². The van der Waals surface area contributed by atoms with Crippen LogP contribution in [-0.4, -0.2) is 13.2 Å². The van der Waals surface area contributed by atoms with Gasteiger partial charge in [-0.2, -0.15) is 0 Å². The van der Waals surface area contributed by atoms with E-state index in [2.05, 4.69) is 15.9 Å². The first kappa shape index (κ1) is 14.9. The lowest BCUT2D eigenvalue weighted by Gasteiger charge is -2.10. The van der Waals surface area contributed by atoms with Crippen molar-refractivity contribution in [3.8, 4) is 11.5 Å². The van der Waals surface area contributed by atoms with Gasteiger partial charge in [-0.05, 0) is 48.4 Å². The van der Waals surface area contributed by atoms with Gasteiger partial charge in [0.2, 0.25) is 0 Å². The average molecular weight is 336 g/mol. The van der Waals surface area contributed by atoms with E-state index in [-0.39, 0.29) is 0 Å². The summed E-state index contributed by atoms with van der Waals surface area (Å²) in [5.74, 6) is 1.72. The van der Waals surface area contributed by atoms with Crippen LogP contribution in [0.15, 0.2) is 46.9 Å². The Bertz CT molecular complexity index is 555. The molecule has 0 aliphatic rings. The fourth-order valence-corrected chi connectivity index (χ4v) is 2.28. The van der Waals surface area contributed by atoms with E-state index in [1.54, 1.807) is 0 Å². The van der Waals surface area contributed by atoms with Gasteiger partial charge in [-0.1, -0.05) is 28.1 Å². The van der Waals surface area contributed by atoms with Crippen molar-refractivity contribution in [3.63, 3.8) is 0 Å². The summed E-state index contributed by atoms with van der Waals surface area (Å²) in [6.07, 6.45) is 0. The van der Waals surface area contributed by atoms with Gasteiger partial charge in [-0.25, -0.2) is 0 Å². The lowest BCUT2D eigenvalue weighted by Crippen LogP contribution is -2.09. The first-order chi connectivity index (χ1) is 9.69. The summed E-state index contributed by atoms with van der Waals surface area (Å²) >= 11 is 3.43. The summed E-state index contributed by atoms with van der Waals surface area (Å²) in [7, 11) is 0. The molecule has 4 heteroatoms. The van der Waals surface area contributed by atoms with Gasteiger partial charge < -0.3 is 15.2 Å². The second-order valence-corrected chi connectivity index (χ2v) is 5.37. The van der Waals surface area contributed by atoms with Crippen LogP contribution in [-0.2, 0) is 6.54 Å². The summed E-state index contributed by atoms with van der Waals surface area (Å²) in [5.41, 5.74) is 7.75. The SMILES string of the molecule is Cc1cc(Br)ccc1OCCOc1ccc(CN)cc1. The molecular weight excluding hydrogens is 318 g/mol. The summed E-state index contributed by atoms with van der Waals surface area (Å²) in [6.45, 7) is 3.59. The van der Waals surface area contributed by atoms with E-state index >= 15 is 0 Å². The monoisotopic (exact) mass is 335 g/mol. The molecule has 106 valence electrons. The molecule has 0 amide bonds. The Hall–Kier alpha value is -1.52. The molecule has 0 unspecified atom stereocenters. The molecule has 0 spiro atoms. The first-order valence-electron chi connectivity index (χ1n) is 6.50. The van der Waals surface area contributed by atoms with E-state index < -0.39 is 0 Å². The van der Waals surface area contributed by atoms with Crippen molar-refractivity contribution in [2.75, 3.05) is 13.2 Å². The molecule has 0 aliphatic heterocycles. The molecule has 0 atom stereocenters. The number of ether oxygens (including phenoxy) is 2. The normalized spacial score (nSPS) is 10.3. The summed E-state index contributed by atoms with van der Waals surface area (Å²) < 4.78 is 12.4. The number of halogens is 1. The molecule has 2 rings (SSSR count). The van der Waals surface area contributed by atoms with Gasteiger partial charge in [0.15, 0.2) is 0 Å². The van der Waals surface area contributed by atoms with Crippen molar-refractivity contribution in [2.24, 2.45) is 5.73 Å². The van der Waals surface area contributed by atoms with E-state index in [9.17, 15) is 0 Å². The summed E-state index contributed by atoms with van der Waals surface area (Å²) in [5, 5.41) is 0. The standard InChI is InChI=1S/C16H18BrNO2/c1-12-10-14(17)4-7-16(12)20-9-8-19-15-5-2-13(11-18)3-6-15/h2-7,10H,8-9,11,18H2,1H3. The fraction of sp³-hybridized carbons (Fsp3) is 0.250. The molecule has 2 aromatic rings. The zero-order valence-corrected chi connectivity index (χ0v) is 13.0. The Morgan fingerprint density at radius 3 is 2.35 bits per heavy atom. The molecule has 0 fully saturated rings. The van der Waals surface area contributed by atoms with Crippen LogP contribution in [0.1, 0.15) is 11.1 Å². The van der Waals surface area contributed by atoms with Crippen LogP contribution < -0.4 is 15.2 Å². The molecular formula is C16H18BrNO2. The van der Waals surface area contributed by atoms with E-state index in [0.29, 0.717) is 19.8 Å². The molecule has 3 nitrogen and oxygen atoms in total. The maximum absolute atomic E-state index is 5.69. The Morgan fingerprint density at radius 2 is 1.70 bits per heavy atom. The van der Waals surface area contributed by atoms with Crippen LogP contribution in [0, 0.1) is 6.92 Å². The Labute approximate surface area is 127 Å². The third-order valence-corrected chi connectivity index (χ3v) is 3.40. The highest BCUT2D eigenvalue weighted by Gasteiger charge is 2.00. The van der Waals surface area contributed by atoms with E-state index in [1.807, 2.05) is 49.4 Å². The average Bonchev–Trinajstić information content (AvgIpc) is 2.46. The topological polar surface area (TPSA) is 44.5 Å². The molecule has 2 N–H and O–H groups in total. The summed E-state index contributed by atoms with van der Waals surface area (Å²) in [4.78, 5) is 0. The fourth-order valence-electron chi connectivity index (χ4n) is 1.81. The van der Waals surface area contributed by atoms with Crippen LogP contribution in [0.2, 0.25) is 0 Å². The van der Waals surface area contributed by atoms with Gasteiger partial charge in [0.25, 0.3) is 0 Å². The molecule has 0 bridgehead atoms. The third-order valence-electron chi connectivity index (χ3n) is 2.91. The minimum atomic E-state index is 0.511. The quantitative estimate of drug-likeness (QED) is 0.819. The minimum Gasteiger partial charge on any atom is -0.490 e. The number of nitrogens with two attached hydrogens (primary N) is 1. The van der Waals surface area contributed by atoms with Crippen LogP contribution in [0.4, 0.5) is 0 Å². The van der Waals surface area contributed by atoms with E-state index in [1.165, 1.54) is 0 Å². The highest BCUT2D eigenvalue weighted by molar-refractivity contribution is 9.10. The number of aryl methyl sites for hydroxylation is 1. The first-order valence-corrected chi connectivity index (χ1v) is 7.29. The van der Waals surface area contributed by atoms with E-state index in [4.69, 9.17) is 15.2 Å². The predicted octanol–water partition coefficient (Wildman–Crippen LogP) is 3.67. The van der Waals surface area contributed by atoms with Crippen LogP contribution >= 0.6 is 15.9 Å². The minimum absolute atomic E-state index is 0.511. The number of rotatable bonds is 6. The molecule has 0 heterocycles.